The number of carbonyl (C=O) groups excluding carboxylic acids is 1. The topological polar surface area (TPSA) is 56.7 Å². The van der Waals surface area contributed by atoms with Crippen LogP contribution < -0.4 is 10.6 Å². The number of amides is 1. The molecule has 1 saturated heterocycles. The molecule has 2 saturated carbocycles. The molecule has 26 heavy (non-hydrogen) atoms. The molecule has 148 valence electrons. The van der Waals surface area contributed by atoms with Crippen LogP contribution in [0.15, 0.2) is 4.99 Å². The fraction of sp³-hybridized carbons (Fsp3) is 0.905. The van der Waals surface area contributed by atoms with Crippen LogP contribution in [0.25, 0.3) is 0 Å². The highest BCUT2D eigenvalue weighted by Gasteiger charge is 2.32. The molecule has 2 N–H and O–H groups in total. The van der Waals surface area contributed by atoms with E-state index >= 15 is 0 Å². The Morgan fingerprint density at radius 2 is 1.77 bits per heavy atom. The zero-order chi connectivity index (χ0) is 18.2. The maximum absolute atomic E-state index is 12.6. The van der Waals surface area contributed by atoms with Gasteiger partial charge in [-0.15, -0.1) is 0 Å². The van der Waals surface area contributed by atoms with E-state index in [1.807, 2.05) is 0 Å². The van der Waals surface area contributed by atoms with E-state index in [1.165, 1.54) is 51.4 Å². The summed E-state index contributed by atoms with van der Waals surface area (Å²) in [7, 11) is 0. The Labute approximate surface area is 159 Å². The van der Waals surface area contributed by atoms with Gasteiger partial charge in [0, 0.05) is 38.1 Å². The summed E-state index contributed by atoms with van der Waals surface area (Å²) >= 11 is 0. The molecule has 0 aromatic rings. The first-order valence-electron chi connectivity index (χ1n) is 11.1. The van der Waals surface area contributed by atoms with E-state index in [-0.39, 0.29) is 0 Å². The van der Waals surface area contributed by atoms with E-state index in [0.29, 0.717) is 17.9 Å². The molecule has 3 rings (SSSR count). The number of aliphatic imine (C=N–C) groups is 1. The number of carbonyl (C=O) groups is 1. The zero-order valence-corrected chi connectivity index (χ0v) is 16.6. The summed E-state index contributed by atoms with van der Waals surface area (Å²) in [4.78, 5) is 19.5. The van der Waals surface area contributed by atoms with Gasteiger partial charge in [-0.1, -0.05) is 44.9 Å². The van der Waals surface area contributed by atoms with Crippen molar-refractivity contribution in [3.63, 3.8) is 0 Å². The van der Waals surface area contributed by atoms with E-state index in [2.05, 4.69) is 22.5 Å². The summed E-state index contributed by atoms with van der Waals surface area (Å²) in [5.74, 6) is 2.50. The molecule has 1 unspecified atom stereocenters. The van der Waals surface area contributed by atoms with Crippen LogP contribution in [0.5, 0.6) is 0 Å². The second kappa shape index (κ2) is 10.2. The first-order valence-corrected chi connectivity index (χ1v) is 11.1. The minimum Gasteiger partial charge on any atom is -0.357 e. The number of likely N-dealkylation sites (tertiary alicyclic amines) is 1. The first-order chi connectivity index (χ1) is 12.8. The lowest BCUT2D eigenvalue weighted by Gasteiger charge is -2.22. The molecular weight excluding hydrogens is 324 g/mol. The van der Waals surface area contributed by atoms with Gasteiger partial charge in [0.2, 0.25) is 5.91 Å². The van der Waals surface area contributed by atoms with Crippen molar-refractivity contribution >= 4 is 11.9 Å². The average Bonchev–Trinajstić information content (AvgIpc) is 3.34. The molecule has 0 aromatic carbocycles. The summed E-state index contributed by atoms with van der Waals surface area (Å²) in [6.45, 7) is 5.64. The standard InChI is InChI=1S/C21H38N4O/c1-2-22-21(23-14-12-17-8-4-3-5-9-17)24-19-13-15-25(16-19)20(26)18-10-6-7-11-18/h17-19H,2-16H2,1H3,(H2,22,23,24). The summed E-state index contributed by atoms with van der Waals surface area (Å²) in [6.07, 6.45) is 13.9. The Kier molecular flexibility index (Phi) is 7.63. The highest BCUT2D eigenvalue weighted by Crippen LogP contribution is 2.28. The Hall–Kier alpha value is -1.26. The minimum absolute atomic E-state index is 0.297. The van der Waals surface area contributed by atoms with Gasteiger partial charge in [0.05, 0.1) is 0 Å². The number of nitrogens with one attached hydrogen (secondary N) is 2. The highest BCUT2D eigenvalue weighted by atomic mass is 16.2. The third kappa shape index (κ3) is 5.62. The van der Waals surface area contributed by atoms with Crippen molar-refractivity contribution in [2.24, 2.45) is 16.8 Å². The molecule has 2 aliphatic carbocycles. The smallest absolute Gasteiger partial charge is 0.225 e. The molecule has 3 aliphatic rings. The number of hydrogen-bond donors (Lipinski definition) is 2. The van der Waals surface area contributed by atoms with Gasteiger partial charge in [0.25, 0.3) is 0 Å². The third-order valence-electron chi connectivity index (χ3n) is 6.42. The Bertz CT molecular complexity index is 467. The van der Waals surface area contributed by atoms with Gasteiger partial charge in [-0.3, -0.25) is 9.79 Å². The molecule has 1 heterocycles. The largest absolute Gasteiger partial charge is 0.357 e. The van der Waals surface area contributed by atoms with Crippen molar-refractivity contribution in [1.82, 2.24) is 15.5 Å². The number of nitrogens with zero attached hydrogens (tertiary/aromatic N) is 2. The van der Waals surface area contributed by atoms with Gasteiger partial charge >= 0.3 is 0 Å². The molecule has 0 bridgehead atoms. The van der Waals surface area contributed by atoms with Crippen LogP contribution in [0.4, 0.5) is 0 Å². The van der Waals surface area contributed by atoms with Crippen molar-refractivity contribution < 1.29 is 4.79 Å². The van der Waals surface area contributed by atoms with Crippen LogP contribution in [0.2, 0.25) is 0 Å². The van der Waals surface area contributed by atoms with Crippen molar-refractivity contribution in [2.75, 3.05) is 26.2 Å². The van der Waals surface area contributed by atoms with Crippen molar-refractivity contribution in [1.29, 1.82) is 0 Å². The van der Waals surface area contributed by atoms with Crippen molar-refractivity contribution in [3.05, 3.63) is 0 Å². The average molecular weight is 363 g/mol. The van der Waals surface area contributed by atoms with Gasteiger partial charge < -0.3 is 15.5 Å². The molecule has 1 aliphatic heterocycles. The van der Waals surface area contributed by atoms with Gasteiger partial charge in [0.1, 0.15) is 0 Å². The summed E-state index contributed by atoms with van der Waals surface area (Å²) in [6, 6.07) is 0.341. The maximum Gasteiger partial charge on any atom is 0.225 e. The van der Waals surface area contributed by atoms with Gasteiger partial charge in [-0.2, -0.15) is 0 Å². The monoisotopic (exact) mass is 362 g/mol. The maximum atomic E-state index is 12.6. The molecule has 0 aromatic heterocycles. The lowest BCUT2D eigenvalue weighted by atomic mass is 9.87. The summed E-state index contributed by atoms with van der Waals surface area (Å²) in [5.41, 5.74) is 0. The van der Waals surface area contributed by atoms with Crippen LogP contribution >= 0.6 is 0 Å². The second-order valence-corrected chi connectivity index (χ2v) is 8.45. The normalized spacial score (nSPS) is 25.7. The molecular formula is C21H38N4O. The van der Waals surface area contributed by atoms with Crippen molar-refractivity contribution in [3.8, 4) is 0 Å². The second-order valence-electron chi connectivity index (χ2n) is 8.45. The Morgan fingerprint density at radius 3 is 2.50 bits per heavy atom. The van der Waals surface area contributed by atoms with E-state index < -0.39 is 0 Å². The Balaban J connectivity index is 1.43. The van der Waals surface area contributed by atoms with E-state index in [0.717, 1.165) is 57.3 Å². The molecule has 0 radical (unpaired) electrons. The van der Waals surface area contributed by atoms with Crippen LogP contribution in [-0.4, -0.2) is 49.0 Å². The lowest BCUT2D eigenvalue weighted by Crippen LogP contribution is -2.45. The molecule has 5 heteroatoms. The van der Waals surface area contributed by atoms with E-state index in [1.54, 1.807) is 0 Å². The number of rotatable bonds is 6. The molecule has 1 amide bonds. The minimum atomic E-state index is 0.297. The number of hydrogen-bond acceptors (Lipinski definition) is 2. The predicted octanol–water partition coefficient (Wildman–Crippen LogP) is 3.30. The fourth-order valence-corrected chi connectivity index (χ4v) is 4.86. The molecule has 5 nitrogen and oxygen atoms in total. The van der Waals surface area contributed by atoms with Crippen molar-refractivity contribution in [2.45, 2.75) is 83.6 Å². The zero-order valence-electron chi connectivity index (χ0n) is 16.6. The van der Waals surface area contributed by atoms with Gasteiger partial charge in [-0.25, -0.2) is 0 Å². The number of guanidine groups is 1. The van der Waals surface area contributed by atoms with Crippen LogP contribution in [0, 0.1) is 11.8 Å². The van der Waals surface area contributed by atoms with Gasteiger partial charge in [-0.05, 0) is 38.5 Å². The highest BCUT2D eigenvalue weighted by molar-refractivity contribution is 5.81. The lowest BCUT2D eigenvalue weighted by molar-refractivity contribution is -0.134. The molecule has 3 fully saturated rings. The predicted molar refractivity (Wildman–Crippen MR) is 107 cm³/mol. The van der Waals surface area contributed by atoms with Crippen LogP contribution in [-0.2, 0) is 4.79 Å². The molecule has 1 atom stereocenters. The Morgan fingerprint density at radius 1 is 1.04 bits per heavy atom. The van der Waals surface area contributed by atoms with Gasteiger partial charge in [0.15, 0.2) is 5.96 Å². The van der Waals surface area contributed by atoms with E-state index in [9.17, 15) is 4.79 Å². The van der Waals surface area contributed by atoms with E-state index in [4.69, 9.17) is 4.99 Å². The SMILES string of the molecule is CCNC(=NCCC1CCCCC1)NC1CCN(C(=O)C2CCCC2)C1. The summed E-state index contributed by atoms with van der Waals surface area (Å²) in [5, 5.41) is 6.96. The quantitative estimate of drug-likeness (QED) is 0.563. The molecule has 0 spiro atoms. The van der Waals surface area contributed by atoms with Crippen LogP contribution in [0.3, 0.4) is 0 Å². The summed E-state index contributed by atoms with van der Waals surface area (Å²) < 4.78 is 0. The first kappa shape index (κ1) is 19.5. The fourth-order valence-electron chi connectivity index (χ4n) is 4.86. The van der Waals surface area contributed by atoms with Crippen LogP contribution in [0.1, 0.15) is 77.6 Å². The third-order valence-corrected chi connectivity index (χ3v) is 6.42.